The first kappa shape index (κ1) is 11.8. The molecule has 16 heavy (non-hydrogen) atoms. The van der Waals surface area contributed by atoms with Gasteiger partial charge in [-0.15, -0.1) is 0 Å². The van der Waals surface area contributed by atoms with Crippen molar-refractivity contribution >= 4 is 12.2 Å². The van der Waals surface area contributed by atoms with Crippen LogP contribution in [0, 0.1) is 4.77 Å². The molecule has 0 aromatic carbocycles. The van der Waals surface area contributed by atoms with E-state index in [2.05, 4.69) is 23.4 Å². The second-order valence-electron chi connectivity index (χ2n) is 4.35. The highest BCUT2D eigenvalue weighted by Crippen LogP contribution is 2.16. The quantitative estimate of drug-likeness (QED) is 0.825. The molecule has 1 fully saturated rings. The van der Waals surface area contributed by atoms with E-state index in [4.69, 9.17) is 21.7 Å². The molecular weight excluding hydrogens is 224 g/mol. The van der Waals surface area contributed by atoms with Gasteiger partial charge >= 0.3 is 0 Å². The third kappa shape index (κ3) is 2.53. The fraction of sp³-hybridized carbons (Fsp3) is 0.727. The van der Waals surface area contributed by atoms with E-state index in [0.717, 1.165) is 11.3 Å². The third-order valence-corrected chi connectivity index (χ3v) is 3.10. The van der Waals surface area contributed by atoms with Crippen molar-refractivity contribution in [2.45, 2.75) is 32.4 Å². The lowest BCUT2D eigenvalue weighted by Crippen LogP contribution is -2.32. The van der Waals surface area contributed by atoms with Gasteiger partial charge in [0.05, 0.1) is 32.5 Å². The fourth-order valence-corrected chi connectivity index (χ4v) is 2.16. The summed E-state index contributed by atoms with van der Waals surface area (Å²) in [7, 11) is 0. The molecule has 2 heterocycles. The summed E-state index contributed by atoms with van der Waals surface area (Å²) in [4.78, 5) is 3.09. The summed E-state index contributed by atoms with van der Waals surface area (Å²) in [5, 5.41) is 0. The van der Waals surface area contributed by atoms with Crippen molar-refractivity contribution in [3.05, 3.63) is 16.7 Å². The van der Waals surface area contributed by atoms with Crippen LogP contribution < -0.4 is 0 Å². The largest absolute Gasteiger partial charge is 0.376 e. The third-order valence-electron chi connectivity index (χ3n) is 2.76. The minimum absolute atomic E-state index is 0.119. The Kier molecular flexibility index (Phi) is 3.78. The summed E-state index contributed by atoms with van der Waals surface area (Å²) < 4.78 is 13.9. The molecule has 1 unspecified atom stereocenters. The number of hydrogen-bond donors (Lipinski definition) is 1. The van der Waals surface area contributed by atoms with E-state index in [9.17, 15) is 0 Å². The van der Waals surface area contributed by atoms with Gasteiger partial charge in [-0.05, 0) is 18.1 Å². The number of rotatable bonds is 3. The predicted molar refractivity (Wildman–Crippen MR) is 64.3 cm³/mol. The number of aromatic nitrogens is 2. The van der Waals surface area contributed by atoms with E-state index in [-0.39, 0.29) is 6.10 Å². The molecule has 0 aliphatic carbocycles. The molecule has 1 saturated heterocycles. The van der Waals surface area contributed by atoms with Crippen molar-refractivity contribution in [1.82, 2.24) is 9.55 Å². The van der Waals surface area contributed by atoms with Gasteiger partial charge in [0.1, 0.15) is 0 Å². The number of aromatic amines is 1. The molecule has 1 aliphatic heterocycles. The number of hydrogen-bond acceptors (Lipinski definition) is 3. The van der Waals surface area contributed by atoms with Gasteiger partial charge in [0, 0.05) is 11.9 Å². The van der Waals surface area contributed by atoms with Crippen LogP contribution in [-0.2, 0) is 16.0 Å². The molecule has 1 aromatic heterocycles. The Balaban J connectivity index is 2.13. The van der Waals surface area contributed by atoms with Gasteiger partial charge in [-0.25, -0.2) is 0 Å². The van der Waals surface area contributed by atoms with Crippen LogP contribution in [-0.4, -0.2) is 35.5 Å². The van der Waals surface area contributed by atoms with Crippen LogP contribution in [0.5, 0.6) is 0 Å². The maximum absolute atomic E-state index is 5.63. The first-order valence-corrected chi connectivity index (χ1v) is 6.06. The minimum Gasteiger partial charge on any atom is -0.376 e. The highest BCUT2D eigenvalue weighted by molar-refractivity contribution is 7.71. The van der Waals surface area contributed by atoms with Gasteiger partial charge < -0.3 is 19.0 Å². The molecule has 90 valence electrons. The zero-order chi connectivity index (χ0) is 11.5. The van der Waals surface area contributed by atoms with Gasteiger partial charge in [0.25, 0.3) is 0 Å². The van der Waals surface area contributed by atoms with E-state index >= 15 is 0 Å². The lowest BCUT2D eigenvalue weighted by molar-refractivity contribution is -0.0939. The topological polar surface area (TPSA) is 39.2 Å². The summed E-state index contributed by atoms with van der Waals surface area (Å²) in [5.41, 5.74) is 1.22. The monoisotopic (exact) mass is 242 g/mol. The molecule has 1 N–H and O–H groups in total. The van der Waals surface area contributed by atoms with E-state index in [1.54, 1.807) is 0 Å². The number of nitrogens with one attached hydrogen (secondary N) is 1. The highest BCUT2D eigenvalue weighted by atomic mass is 32.1. The molecule has 4 nitrogen and oxygen atoms in total. The lowest BCUT2D eigenvalue weighted by Gasteiger charge is -2.24. The molecule has 2 rings (SSSR count). The molecule has 0 bridgehead atoms. The molecule has 1 aliphatic rings. The van der Waals surface area contributed by atoms with Gasteiger partial charge in [0.2, 0.25) is 0 Å². The summed E-state index contributed by atoms with van der Waals surface area (Å²) in [5.74, 6) is 0.456. The molecule has 5 heteroatoms. The molecule has 0 spiro atoms. The maximum atomic E-state index is 5.63. The van der Waals surface area contributed by atoms with E-state index in [1.807, 2.05) is 6.20 Å². The Labute approximate surface area is 101 Å². The number of imidazole rings is 1. The fourth-order valence-electron chi connectivity index (χ4n) is 1.92. The van der Waals surface area contributed by atoms with Crippen molar-refractivity contribution in [3.63, 3.8) is 0 Å². The number of ether oxygens (including phenoxy) is 2. The summed E-state index contributed by atoms with van der Waals surface area (Å²) in [6.07, 6.45) is 2.10. The Morgan fingerprint density at radius 3 is 3.00 bits per heavy atom. The van der Waals surface area contributed by atoms with Crippen molar-refractivity contribution in [2.24, 2.45) is 0 Å². The number of H-pyrrole nitrogens is 1. The average molecular weight is 242 g/mol. The molecule has 0 amide bonds. The van der Waals surface area contributed by atoms with Crippen LogP contribution in [0.25, 0.3) is 0 Å². The normalized spacial score (nSPS) is 21.6. The van der Waals surface area contributed by atoms with E-state index in [0.29, 0.717) is 25.7 Å². The van der Waals surface area contributed by atoms with Gasteiger partial charge in [0.15, 0.2) is 4.77 Å². The van der Waals surface area contributed by atoms with Crippen LogP contribution in [0.3, 0.4) is 0 Å². The summed E-state index contributed by atoms with van der Waals surface area (Å²) in [6, 6.07) is 0. The SMILES string of the molecule is CC(C)c1c[nH]c(=S)n1CC1COCCO1. The number of nitrogens with zero attached hydrogens (tertiary/aromatic N) is 1. The van der Waals surface area contributed by atoms with E-state index < -0.39 is 0 Å². The zero-order valence-electron chi connectivity index (χ0n) is 9.73. The molecule has 1 atom stereocenters. The zero-order valence-corrected chi connectivity index (χ0v) is 10.5. The van der Waals surface area contributed by atoms with Crippen LogP contribution in [0.4, 0.5) is 0 Å². The Morgan fingerprint density at radius 2 is 2.38 bits per heavy atom. The first-order chi connectivity index (χ1) is 7.68. The second kappa shape index (κ2) is 5.12. The Morgan fingerprint density at radius 1 is 1.56 bits per heavy atom. The van der Waals surface area contributed by atoms with Crippen molar-refractivity contribution < 1.29 is 9.47 Å². The van der Waals surface area contributed by atoms with Gasteiger partial charge in [-0.3, -0.25) is 0 Å². The molecular formula is C11H18N2O2S. The van der Waals surface area contributed by atoms with Crippen molar-refractivity contribution in [3.8, 4) is 0 Å². The standard InChI is InChI=1S/C11H18N2O2S/c1-8(2)10-5-12-11(16)13(10)6-9-7-14-3-4-15-9/h5,8-9H,3-4,6-7H2,1-2H3,(H,12,16). The van der Waals surface area contributed by atoms with Gasteiger partial charge in [-0.2, -0.15) is 0 Å². The predicted octanol–water partition coefficient (Wildman–Crippen LogP) is 2.08. The Bertz CT molecular complexity index is 391. The van der Waals surface area contributed by atoms with Crippen LogP contribution >= 0.6 is 12.2 Å². The average Bonchev–Trinajstić information content (AvgIpc) is 2.62. The van der Waals surface area contributed by atoms with E-state index in [1.165, 1.54) is 5.69 Å². The van der Waals surface area contributed by atoms with Crippen LogP contribution in [0.2, 0.25) is 0 Å². The van der Waals surface area contributed by atoms with Crippen LogP contribution in [0.15, 0.2) is 6.20 Å². The molecule has 0 radical (unpaired) electrons. The first-order valence-electron chi connectivity index (χ1n) is 5.66. The lowest BCUT2D eigenvalue weighted by atomic mass is 10.1. The van der Waals surface area contributed by atoms with Gasteiger partial charge in [-0.1, -0.05) is 13.8 Å². The molecule has 1 aromatic rings. The maximum Gasteiger partial charge on any atom is 0.177 e. The summed E-state index contributed by atoms with van der Waals surface area (Å²) in [6.45, 7) is 7.13. The molecule has 0 saturated carbocycles. The van der Waals surface area contributed by atoms with Crippen molar-refractivity contribution in [1.29, 1.82) is 0 Å². The second-order valence-corrected chi connectivity index (χ2v) is 4.74. The smallest absolute Gasteiger partial charge is 0.177 e. The van der Waals surface area contributed by atoms with Crippen molar-refractivity contribution in [2.75, 3.05) is 19.8 Å². The Hall–Kier alpha value is -0.650. The summed E-state index contributed by atoms with van der Waals surface area (Å²) >= 11 is 5.27. The highest BCUT2D eigenvalue weighted by Gasteiger charge is 2.17. The minimum atomic E-state index is 0.119. The van der Waals surface area contributed by atoms with Crippen LogP contribution in [0.1, 0.15) is 25.5 Å².